The number of nitrogens with zero attached hydrogens (tertiary/aromatic N) is 1. The Balaban J connectivity index is 0. The molecule has 0 radical (unpaired) electrons. The van der Waals surface area contributed by atoms with Crippen molar-refractivity contribution in [1.82, 2.24) is 0 Å². The lowest BCUT2D eigenvalue weighted by molar-refractivity contribution is 0.225. The molecule has 0 atom stereocenters. The van der Waals surface area contributed by atoms with Gasteiger partial charge in [-0.1, -0.05) is 6.08 Å². The molecule has 0 aliphatic rings. The molecular formula is C9H15NO. The molecule has 2 nitrogen and oxygen atoms in total. The van der Waals surface area contributed by atoms with Crippen LogP contribution >= 0.6 is 0 Å². The second kappa shape index (κ2) is 11.7. The summed E-state index contributed by atoms with van der Waals surface area (Å²) in [4.78, 5) is 3.68. The lowest BCUT2D eigenvalue weighted by atomic mass is 10.4. The zero-order valence-corrected chi connectivity index (χ0v) is 7.42. The van der Waals surface area contributed by atoms with Crippen molar-refractivity contribution in [2.45, 2.75) is 13.8 Å². The molecule has 2 heteroatoms. The summed E-state index contributed by atoms with van der Waals surface area (Å²) >= 11 is 0. The maximum atomic E-state index is 4.78. The SMILES string of the molecule is C#CC.C=N/C(=C\C)COC. The molecule has 11 heavy (non-hydrogen) atoms. The normalized spacial score (nSPS) is 9.09. The van der Waals surface area contributed by atoms with Gasteiger partial charge in [-0.25, -0.2) is 0 Å². The monoisotopic (exact) mass is 153 g/mol. The summed E-state index contributed by atoms with van der Waals surface area (Å²) in [5, 5.41) is 0. The first-order chi connectivity index (χ1) is 5.26. The van der Waals surface area contributed by atoms with Crippen molar-refractivity contribution in [3.05, 3.63) is 11.8 Å². The molecule has 0 heterocycles. The van der Waals surface area contributed by atoms with Crippen LogP contribution in [0.4, 0.5) is 0 Å². The van der Waals surface area contributed by atoms with E-state index in [2.05, 4.69) is 24.1 Å². The van der Waals surface area contributed by atoms with E-state index in [-0.39, 0.29) is 0 Å². The fourth-order valence-electron chi connectivity index (χ4n) is 0.368. The third-order valence-corrected chi connectivity index (χ3v) is 0.829. The van der Waals surface area contributed by atoms with Crippen LogP contribution in [-0.2, 0) is 4.74 Å². The van der Waals surface area contributed by atoms with E-state index in [4.69, 9.17) is 4.74 Å². The van der Waals surface area contributed by atoms with Crippen LogP contribution in [0.1, 0.15) is 13.8 Å². The predicted octanol–water partition coefficient (Wildman–Crippen LogP) is 1.88. The van der Waals surface area contributed by atoms with Gasteiger partial charge in [0, 0.05) is 7.11 Å². The summed E-state index contributed by atoms with van der Waals surface area (Å²) in [5.41, 5.74) is 0.882. The molecule has 0 rings (SSSR count). The number of hydrogen-bond donors (Lipinski definition) is 0. The summed E-state index contributed by atoms with van der Waals surface area (Å²) in [6.45, 7) is 7.47. The van der Waals surface area contributed by atoms with Gasteiger partial charge in [0.2, 0.25) is 0 Å². The lowest BCUT2D eigenvalue weighted by Crippen LogP contribution is -1.89. The van der Waals surface area contributed by atoms with Crippen LogP contribution in [0.5, 0.6) is 0 Å². The van der Waals surface area contributed by atoms with Crippen LogP contribution < -0.4 is 0 Å². The van der Waals surface area contributed by atoms with Gasteiger partial charge in [0.1, 0.15) is 0 Å². The summed E-state index contributed by atoms with van der Waals surface area (Å²) < 4.78 is 4.78. The second-order valence-electron chi connectivity index (χ2n) is 1.66. The van der Waals surface area contributed by atoms with Crippen molar-refractivity contribution < 1.29 is 4.74 Å². The van der Waals surface area contributed by atoms with Crippen LogP contribution in [0.2, 0.25) is 0 Å². The average molecular weight is 153 g/mol. The summed E-state index contributed by atoms with van der Waals surface area (Å²) in [5.74, 6) is 2.25. The smallest absolute Gasteiger partial charge is 0.0880 e. The minimum atomic E-state index is 0.556. The Kier molecular flexibility index (Phi) is 13.4. The Morgan fingerprint density at radius 3 is 2.36 bits per heavy atom. The van der Waals surface area contributed by atoms with E-state index in [1.807, 2.05) is 13.0 Å². The van der Waals surface area contributed by atoms with Crippen molar-refractivity contribution in [2.75, 3.05) is 13.7 Å². The molecule has 0 unspecified atom stereocenters. The summed E-state index contributed by atoms with van der Waals surface area (Å²) in [6.07, 6.45) is 6.47. The Morgan fingerprint density at radius 1 is 1.82 bits per heavy atom. The number of aliphatic imine (C=N–C) groups is 1. The van der Waals surface area contributed by atoms with Gasteiger partial charge in [0.25, 0.3) is 0 Å². The number of allylic oxidation sites excluding steroid dienone is 1. The van der Waals surface area contributed by atoms with Gasteiger partial charge >= 0.3 is 0 Å². The van der Waals surface area contributed by atoms with Crippen molar-refractivity contribution in [2.24, 2.45) is 4.99 Å². The number of rotatable bonds is 3. The van der Waals surface area contributed by atoms with Gasteiger partial charge in [-0.15, -0.1) is 12.3 Å². The van der Waals surface area contributed by atoms with Gasteiger partial charge in [0.05, 0.1) is 12.3 Å². The van der Waals surface area contributed by atoms with Crippen molar-refractivity contribution in [1.29, 1.82) is 0 Å². The van der Waals surface area contributed by atoms with E-state index in [9.17, 15) is 0 Å². The lowest BCUT2D eigenvalue weighted by Gasteiger charge is -1.94. The maximum Gasteiger partial charge on any atom is 0.0880 e. The number of hydrogen-bond acceptors (Lipinski definition) is 2. The van der Waals surface area contributed by atoms with Crippen LogP contribution in [0.3, 0.4) is 0 Å². The highest BCUT2D eigenvalue weighted by Crippen LogP contribution is 1.92. The zero-order chi connectivity index (χ0) is 9.11. The van der Waals surface area contributed by atoms with Crippen LogP contribution in [0.25, 0.3) is 0 Å². The highest BCUT2D eigenvalue weighted by molar-refractivity contribution is 5.28. The third-order valence-electron chi connectivity index (χ3n) is 0.829. The highest BCUT2D eigenvalue weighted by Gasteiger charge is 1.84. The Bertz CT molecular complexity index is 153. The molecule has 0 aromatic rings. The van der Waals surface area contributed by atoms with E-state index in [0.717, 1.165) is 5.70 Å². The van der Waals surface area contributed by atoms with Gasteiger partial charge in [-0.05, 0) is 20.6 Å². The molecule has 0 aromatic carbocycles. The Labute approximate surface area is 69.0 Å². The Morgan fingerprint density at radius 2 is 2.27 bits per heavy atom. The van der Waals surface area contributed by atoms with Crippen LogP contribution in [0, 0.1) is 12.3 Å². The van der Waals surface area contributed by atoms with Crippen molar-refractivity contribution in [3.63, 3.8) is 0 Å². The topological polar surface area (TPSA) is 21.6 Å². The minimum Gasteiger partial charge on any atom is -0.378 e. The first-order valence-corrected chi connectivity index (χ1v) is 3.25. The summed E-state index contributed by atoms with van der Waals surface area (Å²) in [6, 6.07) is 0. The van der Waals surface area contributed by atoms with E-state index in [1.54, 1.807) is 14.0 Å². The van der Waals surface area contributed by atoms with E-state index < -0.39 is 0 Å². The number of ether oxygens (including phenoxy) is 1. The van der Waals surface area contributed by atoms with Crippen molar-refractivity contribution >= 4 is 6.72 Å². The van der Waals surface area contributed by atoms with Gasteiger partial charge in [-0.3, -0.25) is 4.99 Å². The van der Waals surface area contributed by atoms with E-state index in [0.29, 0.717) is 6.61 Å². The van der Waals surface area contributed by atoms with Crippen molar-refractivity contribution in [3.8, 4) is 12.3 Å². The fourth-order valence-corrected chi connectivity index (χ4v) is 0.368. The largest absolute Gasteiger partial charge is 0.378 e. The average Bonchev–Trinajstić information content (AvgIpc) is 2.02. The minimum absolute atomic E-state index is 0.556. The molecule has 0 N–H and O–H groups in total. The fraction of sp³-hybridized carbons (Fsp3) is 0.444. The Hall–Kier alpha value is -1.07. The quantitative estimate of drug-likeness (QED) is 0.448. The highest BCUT2D eigenvalue weighted by atomic mass is 16.5. The first kappa shape index (κ1) is 12.6. The molecule has 0 fully saturated rings. The molecule has 0 aliphatic heterocycles. The first-order valence-electron chi connectivity index (χ1n) is 3.25. The molecule has 0 saturated carbocycles. The molecule has 0 spiro atoms. The molecule has 0 bridgehead atoms. The molecule has 62 valence electrons. The summed E-state index contributed by atoms with van der Waals surface area (Å²) in [7, 11) is 1.63. The molecule has 0 saturated heterocycles. The van der Waals surface area contributed by atoms with Gasteiger partial charge < -0.3 is 4.74 Å². The predicted molar refractivity (Wildman–Crippen MR) is 49.7 cm³/mol. The van der Waals surface area contributed by atoms with Gasteiger partial charge in [0.15, 0.2) is 0 Å². The second-order valence-corrected chi connectivity index (χ2v) is 1.66. The molecule has 0 aromatic heterocycles. The number of terminal acetylenes is 1. The van der Waals surface area contributed by atoms with E-state index >= 15 is 0 Å². The molecular weight excluding hydrogens is 138 g/mol. The van der Waals surface area contributed by atoms with Crippen LogP contribution in [-0.4, -0.2) is 20.4 Å². The molecule has 0 aliphatic carbocycles. The van der Waals surface area contributed by atoms with E-state index in [1.165, 1.54) is 0 Å². The van der Waals surface area contributed by atoms with Crippen LogP contribution in [0.15, 0.2) is 16.8 Å². The third kappa shape index (κ3) is 12.2. The number of methoxy groups -OCH3 is 1. The maximum absolute atomic E-state index is 4.78. The zero-order valence-electron chi connectivity index (χ0n) is 7.42. The molecule has 0 amide bonds. The standard InChI is InChI=1S/C6H11NO.C3H4/c1-4-6(7-2)5-8-3;1-3-2/h4H,2,5H2,1,3H3;1H,2H3/b6-4-;. The van der Waals surface area contributed by atoms with Gasteiger partial charge in [-0.2, -0.15) is 0 Å².